The van der Waals surface area contributed by atoms with Crippen molar-refractivity contribution in [1.82, 2.24) is 0 Å². The van der Waals surface area contributed by atoms with Gasteiger partial charge in [-0.1, -0.05) is 19.9 Å². The minimum Gasteiger partial charge on any atom is -0.454 e. The van der Waals surface area contributed by atoms with Crippen molar-refractivity contribution >= 4 is 0 Å². The van der Waals surface area contributed by atoms with Gasteiger partial charge in [0.1, 0.15) is 0 Å². The zero-order chi connectivity index (χ0) is 11.8. The molecule has 1 aliphatic heterocycles. The molecule has 2 rings (SSSR count). The number of nitrogens with two attached hydrogens (primary N) is 1. The fraction of sp³-hybridized carbons (Fsp3) is 0.538. The summed E-state index contributed by atoms with van der Waals surface area (Å²) in [6, 6.07) is 6.03. The van der Waals surface area contributed by atoms with Crippen molar-refractivity contribution in [3.63, 3.8) is 0 Å². The lowest BCUT2D eigenvalue weighted by Gasteiger charge is -2.29. The first-order valence-corrected chi connectivity index (χ1v) is 5.66. The second-order valence-corrected chi connectivity index (χ2v) is 5.02. The molecule has 3 heteroatoms. The third kappa shape index (κ3) is 2.14. The average molecular weight is 221 g/mol. The zero-order valence-corrected chi connectivity index (χ0v) is 10.1. The van der Waals surface area contributed by atoms with Gasteiger partial charge in [-0.2, -0.15) is 0 Å². The van der Waals surface area contributed by atoms with Crippen molar-refractivity contribution in [3.05, 3.63) is 23.8 Å². The lowest BCUT2D eigenvalue weighted by molar-refractivity contribution is 0.174. The van der Waals surface area contributed by atoms with E-state index >= 15 is 0 Å². The van der Waals surface area contributed by atoms with E-state index in [9.17, 15) is 0 Å². The summed E-state index contributed by atoms with van der Waals surface area (Å²) < 4.78 is 10.6. The van der Waals surface area contributed by atoms with E-state index in [1.165, 1.54) is 5.56 Å². The molecule has 0 spiro atoms. The molecule has 1 aromatic carbocycles. The minimum absolute atomic E-state index is 0.187. The lowest BCUT2D eigenvalue weighted by Crippen LogP contribution is -2.43. The van der Waals surface area contributed by atoms with Crippen LogP contribution in [-0.2, 0) is 6.42 Å². The van der Waals surface area contributed by atoms with Gasteiger partial charge in [0, 0.05) is 5.54 Å². The first-order chi connectivity index (χ1) is 7.49. The van der Waals surface area contributed by atoms with Crippen LogP contribution in [0.3, 0.4) is 0 Å². The molecular formula is C13H19NO2. The van der Waals surface area contributed by atoms with E-state index in [1.54, 1.807) is 0 Å². The SMILES string of the molecule is CC(C)C(C)(N)Cc1ccc2c(c1)OCO2. The first-order valence-electron chi connectivity index (χ1n) is 5.66. The Bertz CT molecular complexity index is 386. The number of benzene rings is 1. The monoisotopic (exact) mass is 221 g/mol. The predicted molar refractivity (Wildman–Crippen MR) is 63.7 cm³/mol. The van der Waals surface area contributed by atoms with Crippen molar-refractivity contribution in [2.75, 3.05) is 6.79 Å². The maximum atomic E-state index is 6.26. The molecule has 0 saturated heterocycles. The summed E-state index contributed by atoms with van der Waals surface area (Å²) >= 11 is 0. The Morgan fingerprint density at radius 2 is 2.00 bits per heavy atom. The zero-order valence-electron chi connectivity index (χ0n) is 10.1. The summed E-state index contributed by atoms with van der Waals surface area (Å²) in [6.45, 7) is 6.70. The van der Waals surface area contributed by atoms with Gasteiger partial charge in [-0.3, -0.25) is 0 Å². The molecule has 0 aliphatic carbocycles. The van der Waals surface area contributed by atoms with Crippen LogP contribution < -0.4 is 15.2 Å². The van der Waals surface area contributed by atoms with Gasteiger partial charge in [0.2, 0.25) is 6.79 Å². The third-order valence-corrected chi connectivity index (χ3v) is 3.34. The van der Waals surface area contributed by atoms with Gasteiger partial charge < -0.3 is 15.2 Å². The molecule has 0 radical (unpaired) electrons. The van der Waals surface area contributed by atoms with Crippen LogP contribution in [0.4, 0.5) is 0 Å². The molecule has 1 aliphatic rings. The van der Waals surface area contributed by atoms with Crippen LogP contribution in [-0.4, -0.2) is 12.3 Å². The Morgan fingerprint density at radius 1 is 1.31 bits per heavy atom. The first kappa shape index (κ1) is 11.3. The van der Waals surface area contributed by atoms with E-state index in [2.05, 4.69) is 26.8 Å². The predicted octanol–water partition coefficient (Wildman–Crippen LogP) is 2.33. The quantitative estimate of drug-likeness (QED) is 0.852. The molecule has 0 bridgehead atoms. The average Bonchev–Trinajstić information content (AvgIpc) is 2.63. The van der Waals surface area contributed by atoms with E-state index in [0.717, 1.165) is 17.9 Å². The number of rotatable bonds is 3. The van der Waals surface area contributed by atoms with Crippen molar-refractivity contribution in [2.45, 2.75) is 32.7 Å². The number of fused-ring (bicyclic) bond motifs is 1. The van der Waals surface area contributed by atoms with Gasteiger partial charge in [0.25, 0.3) is 0 Å². The molecule has 0 amide bonds. The number of hydrogen-bond donors (Lipinski definition) is 1. The van der Waals surface area contributed by atoms with E-state index in [4.69, 9.17) is 15.2 Å². The largest absolute Gasteiger partial charge is 0.454 e. The topological polar surface area (TPSA) is 44.5 Å². The summed E-state index contributed by atoms with van der Waals surface area (Å²) in [5, 5.41) is 0. The molecule has 1 aromatic rings. The van der Waals surface area contributed by atoms with Crippen molar-refractivity contribution in [1.29, 1.82) is 0 Å². The second kappa shape index (κ2) is 3.98. The number of ether oxygens (including phenoxy) is 2. The molecule has 88 valence electrons. The smallest absolute Gasteiger partial charge is 0.231 e. The van der Waals surface area contributed by atoms with Gasteiger partial charge in [-0.15, -0.1) is 0 Å². The fourth-order valence-electron chi connectivity index (χ4n) is 1.69. The standard InChI is InChI=1S/C13H19NO2/c1-9(2)13(3,14)7-10-4-5-11-12(6-10)16-8-15-11/h4-6,9H,7-8,14H2,1-3H3. The van der Waals surface area contributed by atoms with Gasteiger partial charge in [-0.25, -0.2) is 0 Å². The molecule has 1 atom stereocenters. The highest BCUT2D eigenvalue weighted by atomic mass is 16.7. The molecule has 1 unspecified atom stereocenters. The van der Waals surface area contributed by atoms with Crippen LogP contribution >= 0.6 is 0 Å². The Morgan fingerprint density at radius 3 is 2.69 bits per heavy atom. The second-order valence-electron chi connectivity index (χ2n) is 5.02. The summed E-state index contributed by atoms with van der Waals surface area (Å²) in [5.41, 5.74) is 7.28. The van der Waals surface area contributed by atoms with Gasteiger partial charge in [-0.05, 0) is 37.0 Å². The lowest BCUT2D eigenvalue weighted by atomic mass is 9.83. The fourth-order valence-corrected chi connectivity index (χ4v) is 1.69. The van der Waals surface area contributed by atoms with Gasteiger partial charge in [0.15, 0.2) is 11.5 Å². The van der Waals surface area contributed by atoms with Crippen LogP contribution in [0.15, 0.2) is 18.2 Å². The Kier molecular flexibility index (Phi) is 2.80. The molecule has 3 nitrogen and oxygen atoms in total. The summed E-state index contributed by atoms with van der Waals surface area (Å²) in [4.78, 5) is 0. The molecule has 1 heterocycles. The van der Waals surface area contributed by atoms with Crippen LogP contribution in [0.2, 0.25) is 0 Å². The highest BCUT2D eigenvalue weighted by Crippen LogP contribution is 2.33. The van der Waals surface area contributed by atoms with Crippen molar-refractivity contribution in [3.8, 4) is 11.5 Å². The van der Waals surface area contributed by atoms with E-state index < -0.39 is 0 Å². The maximum absolute atomic E-state index is 6.26. The Hall–Kier alpha value is -1.22. The summed E-state index contributed by atoms with van der Waals surface area (Å²) in [7, 11) is 0. The van der Waals surface area contributed by atoms with Gasteiger partial charge in [0.05, 0.1) is 0 Å². The van der Waals surface area contributed by atoms with Crippen molar-refractivity contribution < 1.29 is 9.47 Å². The molecule has 16 heavy (non-hydrogen) atoms. The minimum atomic E-state index is -0.187. The highest BCUT2D eigenvalue weighted by molar-refractivity contribution is 5.44. The van der Waals surface area contributed by atoms with E-state index in [1.807, 2.05) is 12.1 Å². The summed E-state index contributed by atoms with van der Waals surface area (Å²) in [6.07, 6.45) is 0.849. The van der Waals surface area contributed by atoms with Crippen LogP contribution in [0, 0.1) is 5.92 Å². The summed E-state index contributed by atoms with van der Waals surface area (Å²) in [5.74, 6) is 2.10. The number of hydrogen-bond acceptors (Lipinski definition) is 3. The Balaban J connectivity index is 2.17. The van der Waals surface area contributed by atoms with E-state index in [-0.39, 0.29) is 5.54 Å². The molecule has 2 N–H and O–H groups in total. The van der Waals surface area contributed by atoms with Crippen LogP contribution in [0.5, 0.6) is 11.5 Å². The molecule has 0 fully saturated rings. The van der Waals surface area contributed by atoms with Gasteiger partial charge >= 0.3 is 0 Å². The van der Waals surface area contributed by atoms with Crippen LogP contribution in [0.1, 0.15) is 26.3 Å². The maximum Gasteiger partial charge on any atom is 0.231 e. The normalized spacial score (nSPS) is 17.6. The third-order valence-electron chi connectivity index (χ3n) is 3.34. The molecular weight excluding hydrogens is 202 g/mol. The molecule has 0 saturated carbocycles. The molecule has 0 aromatic heterocycles. The highest BCUT2D eigenvalue weighted by Gasteiger charge is 2.24. The van der Waals surface area contributed by atoms with Crippen LogP contribution in [0.25, 0.3) is 0 Å². The van der Waals surface area contributed by atoms with E-state index in [0.29, 0.717) is 12.7 Å². The van der Waals surface area contributed by atoms with Crippen molar-refractivity contribution in [2.24, 2.45) is 11.7 Å². The Labute approximate surface area is 96.5 Å².